The Morgan fingerprint density at radius 2 is 2.04 bits per heavy atom. The monoisotopic (exact) mass is 359 g/mol. The molecule has 1 unspecified atom stereocenters. The van der Waals surface area contributed by atoms with E-state index in [0.29, 0.717) is 18.9 Å². The van der Waals surface area contributed by atoms with Crippen LogP contribution in [0.2, 0.25) is 0 Å². The molecule has 2 amide bonds. The van der Waals surface area contributed by atoms with Crippen molar-refractivity contribution in [2.75, 3.05) is 13.1 Å². The van der Waals surface area contributed by atoms with Crippen LogP contribution in [0.25, 0.3) is 0 Å². The van der Waals surface area contributed by atoms with Gasteiger partial charge < -0.3 is 0 Å². The number of amides is 2. The predicted octanol–water partition coefficient (Wildman–Crippen LogP) is 2.65. The van der Waals surface area contributed by atoms with Crippen LogP contribution in [0.15, 0.2) is 30.3 Å². The van der Waals surface area contributed by atoms with Crippen molar-refractivity contribution in [1.82, 2.24) is 15.5 Å². The van der Waals surface area contributed by atoms with Crippen molar-refractivity contribution in [2.24, 2.45) is 5.92 Å². The average Bonchev–Trinajstić information content (AvgIpc) is 3.37. The molecule has 0 radical (unpaired) electrons. The highest BCUT2D eigenvalue weighted by Crippen LogP contribution is 2.31. The maximum absolute atomic E-state index is 12.6. The Morgan fingerprint density at radius 1 is 1.27 bits per heavy atom. The molecule has 1 atom stereocenters. The lowest BCUT2D eigenvalue weighted by Gasteiger charge is -2.30. The highest BCUT2D eigenvalue weighted by molar-refractivity contribution is 5.76. The number of carbonyl (C=O) groups is 2. The lowest BCUT2D eigenvalue weighted by Crippen LogP contribution is -2.43. The van der Waals surface area contributed by atoms with Gasteiger partial charge >= 0.3 is 0 Å². The lowest BCUT2D eigenvalue weighted by molar-refractivity contribution is -0.196. The molecule has 1 aliphatic carbocycles. The van der Waals surface area contributed by atoms with E-state index in [1.807, 2.05) is 30.3 Å². The van der Waals surface area contributed by atoms with E-state index in [2.05, 4.69) is 5.43 Å². The molecule has 6 nitrogen and oxygen atoms in total. The first kappa shape index (κ1) is 18.9. The maximum atomic E-state index is 12.6. The molecule has 0 bridgehead atoms. The molecule has 6 heteroatoms. The number of rotatable bonds is 9. The average molecular weight is 359 g/mol. The SMILES string of the molecule is O=CN(OCc1ccccc1)C(CC(=O)N1CCCN1)CC1CCCC1. The third-order valence-corrected chi connectivity index (χ3v) is 5.34. The molecule has 0 spiro atoms. The second-order valence-electron chi connectivity index (χ2n) is 7.28. The van der Waals surface area contributed by atoms with Crippen molar-refractivity contribution in [3.63, 3.8) is 0 Å². The molecule has 1 aliphatic heterocycles. The quantitative estimate of drug-likeness (QED) is 0.544. The van der Waals surface area contributed by atoms with Crippen LogP contribution in [0.4, 0.5) is 0 Å². The van der Waals surface area contributed by atoms with Crippen LogP contribution in [0.3, 0.4) is 0 Å². The van der Waals surface area contributed by atoms with E-state index in [1.165, 1.54) is 30.7 Å². The molecular weight excluding hydrogens is 330 g/mol. The van der Waals surface area contributed by atoms with Gasteiger partial charge in [-0.05, 0) is 24.3 Å². The Morgan fingerprint density at radius 3 is 2.69 bits per heavy atom. The van der Waals surface area contributed by atoms with Gasteiger partial charge in [-0.25, -0.2) is 10.5 Å². The Kier molecular flexibility index (Phi) is 7.03. The molecule has 1 N–H and O–H groups in total. The fourth-order valence-corrected chi connectivity index (χ4v) is 3.91. The first-order chi connectivity index (χ1) is 12.8. The third kappa shape index (κ3) is 5.29. The molecule has 1 aromatic rings. The maximum Gasteiger partial charge on any atom is 0.238 e. The summed E-state index contributed by atoms with van der Waals surface area (Å²) in [6.07, 6.45) is 7.67. The van der Waals surface area contributed by atoms with Gasteiger partial charge in [-0.3, -0.25) is 19.4 Å². The minimum Gasteiger partial charge on any atom is -0.278 e. The van der Waals surface area contributed by atoms with Gasteiger partial charge in [-0.1, -0.05) is 56.0 Å². The highest BCUT2D eigenvalue weighted by atomic mass is 16.7. The summed E-state index contributed by atoms with van der Waals surface area (Å²) in [5, 5.41) is 3.06. The number of carbonyl (C=O) groups excluding carboxylic acids is 2. The first-order valence-electron chi connectivity index (χ1n) is 9.70. The third-order valence-electron chi connectivity index (χ3n) is 5.34. The summed E-state index contributed by atoms with van der Waals surface area (Å²) in [6.45, 7) is 1.90. The van der Waals surface area contributed by atoms with Gasteiger partial charge in [0, 0.05) is 13.1 Å². The summed E-state index contributed by atoms with van der Waals surface area (Å²) < 4.78 is 0. The van der Waals surface area contributed by atoms with Gasteiger partial charge in [0.1, 0.15) is 6.61 Å². The van der Waals surface area contributed by atoms with Crippen molar-refractivity contribution in [3.05, 3.63) is 35.9 Å². The molecule has 1 saturated heterocycles. The molecule has 142 valence electrons. The highest BCUT2D eigenvalue weighted by Gasteiger charge is 2.29. The van der Waals surface area contributed by atoms with E-state index in [1.54, 1.807) is 5.01 Å². The zero-order valence-corrected chi connectivity index (χ0v) is 15.3. The van der Waals surface area contributed by atoms with E-state index >= 15 is 0 Å². The van der Waals surface area contributed by atoms with Crippen molar-refractivity contribution >= 4 is 12.3 Å². The number of hydroxylamine groups is 2. The van der Waals surface area contributed by atoms with E-state index in [4.69, 9.17) is 4.84 Å². The first-order valence-corrected chi connectivity index (χ1v) is 9.70. The molecule has 2 aliphatic rings. The van der Waals surface area contributed by atoms with Gasteiger partial charge in [0.15, 0.2) is 0 Å². The molecule has 1 saturated carbocycles. The zero-order chi connectivity index (χ0) is 18.2. The van der Waals surface area contributed by atoms with E-state index in [0.717, 1.165) is 37.9 Å². The van der Waals surface area contributed by atoms with Gasteiger partial charge in [0.2, 0.25) is 12.3 Å². The van der Waals surface area contributed by atoms with E-state index in [-0.39, 0.29) is 11.9 Å². The Hall–Kier alpha value is -1.92. The summed E-state index contributed by atoms with van der Waals surface area (Å²) in [4.78, 5) is 30.1. The molecule has 0 aromatic heterocycles. The predicted molar refractivity (Wildman–Crippen MR) is 98.4 cm³/mol. The second kappa shape index (κ2) is 9.69. The largest absolute Gasteiger partial charge is 0.278 e. The van der Waals surface area contributed by atoms with Crippen LogP contribution in [0, 0.1) is 5.92 Å². The molecule has 1 heterocycles. The molecule has 26 heavy (non-hydrogen) atoms. The van der Waals surface area contributed by atoms with Gasteiger partial charge in [-0.2, -0.15) is 0 Å². The van der Waals surface area contributed by atoms with E-state index < -0.39 is 0 Å². The van der Waals surface area contributed by atoms with Crippen LogP contribution in [-0.4, -0.2) is 41.5 Å². The molecule has 2 fully saturated rings. The van der Waals surface area contributed by atoms with E-state index in [9.17, 15) is 9.59 Å². The van der Waals surface area contributed by atoms with Crippen LogP contribution in [-0.2, 0) is 21.0 Å². The summed E-state index contributed by atoms with van der Waals surface area (Å²) in [5.41, 5.74) is 4.11. The Labute approximate surface area is 155 Å². The molecule has 3 rings (SSSR count). The number of hydrogen-bond acceptors (Lipinski definition) is 4. The fourth-order valence-electron chi connectivity index (χ4n) is 3.91. The minimum atomic E-state index is -0.214. The summed E-state index contributed by atoms with van der Waals surface area (Å²) in [5.74, 6) is 0.614. The summed E-state index contributed by atoms with van der Waals surface area (Å²) in [6, 6.07) is 9.56. The van der Waals surface area contributed by atoms with Crippen molar-refractivity contribution in [2.45, 2.75) is 57.6 Å². The Balaban J connectivity index is 1.62. The van der Waals surface area contributed by atoms with Crippen LogP contribution in [0.1, 0.15) is 50.5 Å². The minimum absolute atomic E-state index is 0.0423. The molecule has 1 aromatic carbocycles. The number of benzene rings is 1. The van der Waals surface area contributed by atoms with Gasteiger partial charge in [0.25, 0.3) is 0 Å². The fraction of sp³-hybridized carbons (Fsp3) is 0.600. The molecular formula is C20H29N3O3. The second-order valence-corrected chi connectivity index (χ2v) is 7.28. The summed E-state index contributed by atoms with van der Waals surface area (Å²) >= 11 is 0. The Bertz CT molecular complexity index is 569. The van der Waals surface area contributed by atoms with Gasteiger partial charge in [0.05, 0.1) is 12.5 Å². The zero-order valence-electron chi connectivity index (χ0n) is 15.3. The smallest absolute Gasteiger partial charge is 0.238 e. The van der Waals surface area contributed by atoms with Crippen LogP contribution < -0.4 is 5.43 Å². The number of hydrazine groups is 1. The van der Waals surface area contributed by atoms with Crippen LogP contribution >= 0.6 is 0 Å². The standard InChI is InChI=1S/C20H29N3O3/c24-16-23(26-15-18-9-2-1-3-10-18)19(13-17-7-4-5-8-17)14-20(25)22-12-6-11-21-22/h1-3,9-10,16-17,19,21H,4-8,11-15H2. The van der Waals surface area contributed by atoms with Gasteiger partial charge in [-0.15, -0.1) is 0 Å². The van der Waals surface area contributed by atoms with Crippen LogP contribution in [0.5, 0.6) is 0 Å². The number of nitrogens with one attached hydrogen (secondary N) is 1. The lowest BCUT2D eigenvalue weighted by atomic mass is 9.96. The number of nitrogens with zero attached hydrogens (tertiary/aromatic N) is 2. The number of hydrogen-bond donors (Lipinski definition) is 1. The van der Waals surface area contributed by atoms with Crippen molar-refractivity contribution in [1.29, 1.82) is 0 Å². The normalized spacial score (nSPS) is 18.8. The topological polar surface area (TPSA) is 61.9 Å². The van der Waals surface area contributed by atoms with Crippen molar-refractivity contribution in [3.8, 4) is 0 Å². The van der Waals surface area contributed by atoms with Crippen molar-refractivity contribution < 1.29 is 14.4 Å². The summed E-state index contributed by atoms with van der Waals surface area (Å²) in [7, 11) is 0.